The van der Waals surface area contributed by atoms with Crippen LogP contribution < -0.4 is 60.8 Å². The lowest BCUT2D eigenvalue weighted by Gasteiger charge is -2.47. The normalized spacial score (nSPS) is 48.5. The number of nitrogens with zero attached hydrogens (tertiary/aromatic N) is 4. The van der Waals surface area contributed by atoms with E-state index in [-0.39, 0.29) is 42.6 Å². The Bertz CT molecular complexity index is 7660. The molecular formula is C96H152N8O16. The van der Waals surface area contributed by atoms with E-state index in [1.54, 1.807) is 0 Å². The summed E-state index contributed by atoms with van der Waals surface area (Å²) >= 11 is 0. The fourth-order valence-electron chi connectivity index (χ4n) is 12.2. The minimum absolute atomic E-state index is 0.0120. The second-order valence-corrected chi connectivity index (χ2v) is 28.3. The van der Waals surface area contributed by atoms with Gasteiger partial charge in [0.25, 0.3) is 0 Å². The number of fused-ring (bicyclic) bond motifs is 12. The highest BCUT2D eigenvalue weighted by atomic mass is 16.6. The summed E-state index contributed by atoms with van der Waals surface area (Å²) in [6.07, 6.45) is -45.4. The summed E-state index contributed by atoms with van der Waals surface area (Å²) < 4.78 is 722. The number of benzene rings is 4. The number of ether oxygens (including phenoxy) is 12. The Hall–Kier alpha value is -7.16. The fraction of sp³-hybridized carbons (Fsp3) is 0.708. The molecule has 672 valence electrons. The number of piperidine rings is 4. The lowest BCUT2D eigenvalue weighted by Crippen LogP contribution is -2.51. The van der Waals surface area contributed by atoms with Crippen LogP contribution in [0.15, 0.2) is 48.5 Å². The van der Waals surface area contributed by atoms with Crippen LogP contribution >= 0.6 is 0 Å². The minimum atomic E-state index is -4.22. The number of hydrogen-bond acceptors (Lipinski definition) is 24. The molecule has 8 N–H and O–H groups in total. The third-order valence-electron chi connectivity index (χ3n) is 17.8. The lowest BCUT2D eigenvalue weighted by atomic mass is 9.79. The zero-order valence-corrected chi connectivity index (χ0v) is 67.7. The first-order chi connectivity index (χ1) is 86.9. The van der Waals surface area contributed by atoms with Gasteiger partial charge in [-0.2, -0.15) is 0 Å². The number of aryl methyl sites for hydroxylation is 4. The summed E-state index contributed by atoms with van der Waals surface area (Å²) in [5.41, 5.74) is 16.8. The Balaban J connectivity index is 0.000000286. The van der Waals surface area contributed by atoms with Gasteiger partial charge in [-0.3, -0.25) is 38.8 Å². The third-order valence-corrected chi connectivity index (χ3v) is 17.8. The quantitative estimate of drug-likeness (QED) is 0.0303. The second kappa shape index (κ2) is 43.9. The molecule has 16 atom stereocenters. The number of rotatable bonds is 28. The predicted octanol–water partition coefficient (Wildman–Crippen LogP) is 14.3. The molecule has 0 spiro atoms. The molecule has 0 radical (unpaired) electrons. The fourth-order valence-corrected chi connectivity index (χ4v) is 12.2. The van der Waals surface area contributed by atoms with Gasteiger partial charge in [0.05, 0.1) is 75.9 Å². The molecule has 12 rings (SSSR count). The van der Waals surface area contributed by atoms with Crippen molar-refractivity contribution in [3.63, 3.8) is 0 Å². The lowest BCUT2D eigenvalue weighted by molar-refractivity contribution is -0.161. The van der Waals surface area contributed by atoms with Crippen LogP contribution in [0.1, 0.15) is 337 Å². The van der Waals surface area contributed by atoms with Crippen molar-refractivity contribution < 1.29 is 183 Å². The van der Waals surface area contributed by atoms with Crippen molar-refractivity contribution in [2.45, 2.75) is 259 Å². The van der Waals surface area contributed by atoms with Gasteiger partial charge in [-0.1, -0.05) is 110 Å². The van der Waals surface area contributed by atoms with Gasteiger partial charge in [-0.25, -0.2) is 0 Å². The first-order valence-electron chi connectivity index (χ1n) is 75.5. The van der Waals surface area contributed by atoms with E-state index in [0.717, 1.165) is 51.7 Å². The third kappa shape index (κ3) is 23.8. The van der Waals surface area contributed by atoms with E-state index in [9.17, 15) is 52.1 Å². The smallest absolute Gasteiger partial charge is 0.323 e. The first kappa shape index (κ1) is 35.7. The molecule has 8 aliphatic heterocycles. The number of esters is 4. The molecule has 4 aromatic rings. The number of carbonyl (C=O) groups excluding carboxylic acids is 4. The van der Waals surface area contributed by atoms with Gasteiger partial charge in [0.15, 0.2) is 46.0 Å². The van der Waals surface area contributed by atoms with Gasteiger partial charge in [0, 0.05) is 213 Å². The number of hydrogen-bond donors (Lipinski definition) is 4. The monoisotopic (exact) mass is 1750 g/mol. The number of methoxy groups -OCH3 is 8. The average molecular weight is 1750 g/mol. The van der Waals surface area contributed by atoms with E-state index >= 15 is 0 Å². The van der Waals surface area contributed by atoms with Crippen molar-refractivity contribution in [1.29, 1.82) is 0 Å². The van der Waals surface area contributed by atoms with Crippen molar-refractivity contribution in [3.05, 3.63) is 93.0 Å². The maximum Gasteiger partial charge on any atom is 0.323 e. The molecule has 0 aromatic heterocycles. The van der Waals surface area contributed by atoms with Gasteiger partial charge >= 0.3 is 23.9 Å². The van der Waals surface area contributed by atoms with Gasteiger partial charge in [-0.05, 0) is 191 Å². The minimum Gasteiger partial charge on any atom is -0.493 e. The molecule has 0 bridgehead atoms. The molecule has 24 heteroatoms. The predicted molar refractivity (Wildman–Crippen MR) is 471 cm³/mol. The Kier molecular flexibility index (Phi) is 13.1. The van der Waals surface area contributed by atoms with E-state index in [2.05, 4.69) is 0 Å². The van der Waals surface area contributed by atoms with E-state index in [4.69, 9.17) is 154 Å². The van der Waals surface area contributed by atoms with Crippen molar-refractivity contribution in [2.75, 3.05) is 109 Å². The highest BCUT2D eigenvalue weighted by Gasteiger charge is 2.47. The molecule has 120 heavy (non-hydrogen) atoms. The molecule has 0 amide bonds. The summed E-state index contributed by atoms with van der Waals surface area (Å²) in [6.45, 7) is -50.1. The van der Waals surface area contributed by atoms with Crippen LogP contribution in [0.4, 0.5) is 0 Å². The molecule has 0 saturated carbocycles. The van der Waals surface area contributed by atoms with E-state index < -0.39 is 432 Å². The van der Waals surface area contributed by atoms with Gasteiger partial charge in [0.2, 0.25) is 0 Å². The topological polar surface area (TPSA) is 296 Å². The van der Waals surface area contributed by atoms with E-state index in [1.165, 1.54) is 76.7 Å². The van der Waals surface area contributed by atoms with Crippen molar-refractivity contribution >= 4 is 23.9 Å². The maximum atomic E-state index is 13.8. The Morgan fingerprint density at radius 1 is 0.367 bits per heavy atom. The zero-order chi connectivity index (χ0) is 156. The van der Waals surface area contributed by atoms with E-state index in [0.29, 0.717) is 18.2 Å². The Morgan fingerprint density at radius 3 is 0.900 bits per heavy atom. The summed E-state index contributed by atoms with van der Waals surface area (Å²) in [6, 6.07) is -21.9. The first-order valence-corrected chi connectivity index (χ1v) is 36.5. The van der Waals surface area contributed by atoms with Crippen molar-refractivity contribution in [2.24, 2.45) is 93.8 Å². The zero-order valence-electron chi connectivity index (χ0n) is 146. The standard InChI is InChI=1S/4C24H38N2O4/c4*1-14(2)9-17-13-26-8-7-16-10-21(28-5)22(29-6)11-18(16)19(26)12-20(17)30-24(27)23(25)15(3)4/h4*10-11,14-15,17,19-20,23H,7-9,12-13,25H2,1-6H3/t4*17?,19?,20?,23-/m0000/s1/i3D3,4D3,5D3,7D2,8D2,12D2,13D2,15D,17D,20D,23D;3D3,4D3,5D3,7D2,8D2,12D2,13D2,15D,17D,19D,23D;3D3,4D3,7D2,8D2,12D2,13D2,15D,17D,20D,23D;3D3,4D3,7D2,8D2,12D2,13D2,15D,17D,19D,23D. The molecule has 4 fully saturated rings. The summed E-state index contributed by atoms with van der Waals surface area (Å²) in [5.74, 6) is -46.4. The van der Waals surface area contributed by atoms with Crippen LogP contribution in [0.3, 0.4) is 0 Å². The van der Waals surface area contributed by atoms with Gasteiger partial charge in [0.1, 0.15) is 48.4 Å². The molecule has 0 aliphatic carbocycles. The molecule has 24 nitrogen and oxygen atoms in total. The van der Waals surface area contributed by atoms with Crippen LogP contribution in [0, 0.1) is 70.8 Å². The molecular weight excluding hydrogens is 1520 g/mol. The molecule has 4 saturated heterocycles. The summed E-state index contributed by atoms with van der Waals surface area (Å²) in [4.78, 5) is 54.8. The number of nitrogens with two attached hydrogens (primary N) is 4. The average Bonchev–Trinajstić information content (AvgIpc) is 0.645. The van der Waals surface area contributed by atoms with Crippen LogP contribution in [-0.4, -0.2) is 201 Å². The largest absolute Gasteiger partial charge is 0.493 e. The Labute approximate surface area is 828 Å². The highest BCUT2D eigenvalue weighted by molar-refractivity contribution is 5.77. The molecule has 8 heterocycles. The molecule has 12 unspecified atom stereocenters. The summed E-state index contributed by atoms with van der Waals surface area (Å²) in [5, 5.41) is 0. The summed E-state index contributed by atoms with van der Waals surface area (Å²) in [7, 11) is 0.285. The van der Waals surface area contributed by atoms with Crippen LogP contribution in [0.2, 0.25) is 0 Å². The highest BCUT2D eigenvalue weighted by Crippen LogP contribution is 2.50. The van der Waals surface area contributed by atoms with Gasteiger partial charge < -0.3 is 79.8 Å². The SMILES string of the molecule is [2H]C([2H])([2H])C([2H])(C([2H])([2H])[2H])[C@]([2H])(N)C(=O)OC1([2H])C([2H])([2H])C2c3cc(OC)c(OC)cc3C([2H])([2H])C([2H])([2H])N2C([2H])([2H])C1([2H])CC(C)C.[2H]C([2H])([2H])C([2H])(C([2H])([2H])[2H])[C@]([2H])(N)C(=O)OC1C([2H])([2H])C2([2H])c3cc(OC)c(OC)cc3C([2H])([2H])C([2H])([2H])N2C([2H])([2H])C1([2H])CC(C)C.[2H]C([2H])([2H])Oc1cc2c(cc1OC)C1([2H])N(C([2H])([2H])C2([2H])[2H])C([2H])([2H])C([2H])(CC(C)C)C(OC(=O)[C@@]([2H])(N)C([2H])(C([2H])([2H])[2H])C([2H])([2H])[2H])C1([2H])[2H].[2H]C([2H])([2H])Oc1cc2c(cc1OC)C1N(C([2H])([2H])C2([2H])[2H])C([2H])([2H])C([2H])(CC(C)C)C([2H])(OC(=O)[C@@]([2H])(N)C([2H])(C([2H])([2H])[2H])C([2H])([2H])[2H])C1([2H])[2H]. The molecule has 4 aromatic carbocycles. The molecule has 8 aliphatic rings. The van der Waals surface area contributed by atoms with Crippen LogP contribution in [0.25, 0.3) is 0 Å². The van der Waals surface area contributed by atoms with Crippen LogP contribution in [-0.2, 0) is 63.6 Å². The van der Waals surface area contributed by atoms with Crippen molar-refractivity contribution in [1.82, 2.24) is 19.6 Å². The second-order valence-electron chi connectivity index (χ2n) is 28.3. The van der Waals surface area contributed by atoms with E-state index in [1.807, 2.05) is 0 Å². The maximum absolute atomic E-state index is 13.8. The van der Waals surface area contributed by atoms with Crippen LogP contribution in [0.5, 0.6) is 46.0 Å². The van der Waals surface area contributed by atoms with Crippen molar-refractivity contribution in [3.8, 4) is 46.0 Å². The van der Waals surface area contributed by atoms with Gasteiger partial charge in [-0.15, -0.1) is 0 Å². The Morgan fingerprint density at radius 2 is 0.617 bits per heavy atom. The number of carbonyl (C=O) groups is 4.